The van der Waals surface area contributed by atoms with Gasteiger partial charge in [0.2, 0.25) is 0 Å². The van der Waals surface area contributed by atoms with Crippen molar-refractivity contribution in [3.8, 4) is 0 Å². The van der Waals surface area contributed by atoms with Crippen LogP contribution in [0.3, 0.4) is 0 Å². The van der Waals surface area contributed by atoms with Gasteiger partial charge in [-0.15, -0.1) is 0 Å². The molecule has 2 amide bonds. The van der Waals surface area contributed by atoms with E-state index in [2.05, 4.69) is 10.6 Å². The Kier molecular flexibility index (Phi) is 4.79. The van der Waals surface area contributed by atoms with Gasteiger partial charge in [0.1, 0.15) is 0 Å². The Balaban J connectivity index is 2.32. The molecule has 0 aromatic heterocycles. The maximum atomic E-state index is 11.5. The standard InChI is InChI=1S/C12H19N3O/c1-9(2)11(13)8-14-12(16)15-10-6-4-3-5-7-10/h3-7,9,11H,8,13H2,1-2H3,(H2,14,15,16). The molecule has 0 aliphatic rings. The smallest absolute Gasteiger partial charge is 0.319 e. The summed E-state index contributed by atoms with van der Waals surface area (Å²) in [5.74, 6) is 0.358. The van der Waals surface area contributed by atoms with Gasteiger partial charge in [-0.1, -0.05) is 32.0 Å². The number of benzene rings is 1. The molecule has 0 fully saturated rings. The van der Waals surface area contributed by atoms with E-state index in [0.29, 0.717) is 12.5 Å². The lowest BCUT2D eigenvalue weighted by molar-refractivity contribution is 0.250. The van der Waals surface area contributed by atoms with E-state index in [1.54, 1.807) is 0 Å². The van der Waals surface area contributed by atoms with Crippen LogP contribution in [0.4, 0.5) is 10.5 Å². The number of para-hydroxylation sites is 1. The zero-order valence-corrected chi connectivity index (χ0v) is 9.73. The van der Waals surface area contributed by atoms with Crippen molar-refractivity contribution in [2.24, 2.45) is 11.7 Å². The number of hydrogen-bond acceptors (Lipinski definition) is 2. The number of anilines is 1. The Labute approximate surface area is 96.2 Å². The Bertz CT molecular complexity index is 324. The number of carbonyl (C=O) groups excluding carboxylic acids is 1. The SMILES string of the molecule is CC(C)C(N)CNC(=O)Nc1ccccc1. The van der Waals surface area contributed by atoms with Gasteiger partial charge in [-0.3, -0.25) is 0 Å². The van der Waals surface area contributed by atoms with Gasteiger partial charge in [0, 0.05) is 18.3 Å². The second-order valence-electron chi connectivity index (χ2n) is 4.11. The zero-order chi connectivity index (χ0) is 12.0. The maximum Gasteiger partial charge on any atom is 0.319 e. The summed E-state index contributed by atoms with van der Waals surface area (Å²) in [6, 6.07) is 9.08. The molecule has 1 aromatic rings. The fourth-order valence-corrected chi connectivity index (χ4v) is 1.14. The molecule has 1 unspecified atom stereocenters. The molecule has 0 radical (unpaired) electrons. The molecular weight excluding hydrogens is 202 g/mol. The van der Waals surface area contributed by atoms with Gasteiger partial charge in [0.25, 0.3) is 0 Å². The van der Waals surface area contributed by atoms with Crippen LogP contribution in [0.25, 0.3) is 0 Å². The van der Waals surface area contributed by atoms with Gasteiger partial charge in [0.05, 0.1) is 0 Å². The average molecular weight is 221 g/mol. The number of urea groups is 1. The van der Waals surface area contributed by atoms with E-state index in [4.69, 9.17) is 5.73 Å². The van der Waals surface area contributed by atoms with Crippen LogP contribution < -0.4 is 16.4 Å². The Morgan fingerprint density at radius 1 is 1.31 bits per heavy atom. The number of carbonyl (C=O) groups is 1. The highest BCUT2D eigenvalue weighted by molar-refractivity contribution is 5.89. The normalized spacial score (nSPS) is 12.2. The molecule has 16 heavy (non-hydrogen) atoms. The molecule has 0 saturated heterocycles. The largest absolute Gasteiger partial charge is 0.336 e. The van der Waals surface area contributed by atoms with E-state index in [-0.39, 0.29) is 12.1 Å². The molecule has 0 saturated carbocycles. The van der Waals surface area contributed by atoms with Gasteiger partial charge in [-0.05, 0) is 18.1 Å². The number of rotatable bonds is 4. The highest BCUT2D eigenvalue weighted by Gasteiger charge is 2.08. The van der Waals surface area contributed by atoms with Crippen LogP contribution in [-0.4, -0.2) is 18.6 Å². The summed E-state index contributed by atoms with van der Waals surface area (Å²) in [5, 5.41) is 5.47. The molecule has 0 spiro atoms. The minimum atomic E-state index is -0.220. The van der Waals surface area contributed by atoms with Crippen LogP contribution in [0.5, 0.6) is 0 Å². The molecule has 0 heterocycles. The summed E-state index contributed by atoms with van der Waals surface area (Å²) in [4.78, 5) is 11.5. The average Bonchev–Trinajstić information content (AvgIpc) is 2.27. The summed E-state index contributed by atoms with van der Waals surface area (Å²) in [5.41, 5.74) is 6.59. The Morgan fingerprint density at radius 3 is 2.50 bits per heavy atom. The van der Waals surface area contributed by atoms with E-state index in [0.717, 1.165) is 5.69 Å². The lowest BCUT2D eigenvalue weighted by Gasteiger charge is -2.16. The van der Waals surface area contributed by atoms with Gasteiger partial charge in [0.15, 0.2) is 0 Å². The van der Waals surface area contributed by atoms with Crippen molar-refractivity contribution in [3.05, 3.63) is 30.3 Å². The topological polar surface area (TPSA) is 67.1 Å². The highest BCUT2D eigenvalue weighted by atomic mass is 16.2. The van der Waals surface area contributed by atoms with Gasteiger partial charge in [-0.25, -0.2) is 4.79 Å². The van der Waals surface area contributed by atoms with Crippen LogP contribution in [0.15, 0.2) is 30.3 Å². The van der Waals surface area contributed by atoms with Gasteiger partial charge >= 0.3 is 6.03 Å². The van der Waals surface area contributed by atoms with Crippen molar-refractivity contribution in [2.45, 2.75) is 19.9 Å². The quantitative estimate of drug-likeness (QED) is 0.725. The molecular formula is C12H19N3O. The van der Waals surface area contributed by atoms with Crippen molar-refractivity contribution in [1.82, 2.24) is 5.32 Å². The molecule has 4 N–H and O–H groups in total. The minimum Gasteiger partial charge on any atom is -0.336 e. The lowest BCUT2D eigenvalue weighted by atomic mass is 10.1. The first-order valence-corrected chi connectivity index (χ1v) is 5.45. The predicted molar refractivity (Wildman–Crippen MR) is 66.3 cm³/mol. The molecule has 4 nitrogen and oxygen atoms in total. The van der Waals surface area contributed by atoms with Crippen LogP contribution in [0, 0.1) is 5.92 Å². The second-order valence-corrected chi connectivity index (χ2v) is 4.11. The van der Waals surface area contributed by atoms with Crippen molar-refractivity contribution in [3.63, 3.8) is 0 Å². The van der Waals surface area contributed by atoms with Gasteiger partial charge < -0.3 is 16.4 Å². The number of hydrogen-bond donors (Lipinski definition) is 3. The maximum absolute atomic E-state index is 11.5. The highest BCUT2D eigenvalue weighted by Crippen LogP contribution is 2.04. The van der Waals surface area contributed by atoms with Gasteiger partial charge in [-0.2, -0.15) is 0 Å². The van der Waals surface area contributed by atoms with Crippen LogP contribution in [0.1, 0.15) is 13.8 Å². The summed E-state index contributed by atoms with van der Waals surface area (Å²) >= 11 is 0. The number of nitrogens with two attached hydrogens (primary N) is 1. The Morgan fingerprint density at radius 2 is 1.94 bits per heavy atom. The fourth-order valence-electron chi connectivity index (χ4n) is 1.14. The molecule has 0 bridgehead atoms. The fraction of sp³-hybridized carbons (Fsp3) is 0.417. The van der Waals surface area contributed by atoms with Crippen molar-refractivity contribution in [2.75, 3.05) is 11.9 Å². The third-order valence-corrected chi connectivity index (χ3v) is 2.39. The lowest BCUT2D eigenvalue weighted by Crippen LogP contribution is -2.42. The van der Waals surface area contributed by atoms with Crippen molar-refractivity contribution < 1.29 is 4.79 Å². The molecule has 1 rings (SSSR count). The third-order valence-electron chi connectivity index (χ3n) is 2.39. The first-order valence-electron chi connectivity index (χ1n) is 5.45. The second kappa shape index (κ2) is 6.12. The number of nitrogens with one attached hydrogen (secondary N) is 2. The molecule has 1 atom stereocenters. The summed E-state index contributed by atoms with van der Waals surface area (Å²) in [6.45, 7) is 4.54. The van der Waals surface area contributed by atoms with Crippen LogP contribution >= 0.6 is 0 Å². The molecule has 0 aliphatic heterocycles. The Hall–Kier alpha value is -1.55. The van der Waals surface area contributed by atoms with Crippen molar-refractivity contribution >= 4 is 11.7 Å². The first-order chi connectivity index (χ1) is 7.59. The first kappa shape index (κ1) is 12.5. The van der Waals surface area contributed by atoms with E-state index < -0.39 is 0 Å². The molecule has 0 aliphatic carbocycles. The van der Waals surface area contributed by atoms with E-state index in [1.165, 1.54) is 0 Å². The summed E-state index contributed by atoms with van der Waals surface area (Å²) in [6.07, 6.45) is 0. The minimum absolute atomic E-state index is 0.0125. The number of amides is 2. The zero-order valence-electron chi connectivity index (χ0n) is 9.73. The molecule has 88 valence electrons. The third kappa shape index (κ3) is 4.31. The molecule has 1 aromatic carbocycles. The van der Waals surface area contributed by atoms with Crippen molar-refractivity contribution in [1.29, 1.82) is 0 Å². The van der Waals surface area contributed by atoms with Crippen LogP contribution in [-0.2, 0) is 0 Å². The molecule has 4 heteroatoms. The van der Waals surface area contributed by atoms with E-state index in [9.17, 15) is 4.79 Å². The predicted octanol–water partition coefficient (Wildman–Crippen LogP) is 1.79. The van der Waals surface area contributed by atoms with Crippen LogP contribution in [0.2, 0.25) is 0 Å². The van der Waals surface area contributed by atoms with E-state index in [1.807, 2.05) is 44.2 Å². The summed E-state index contributed by atoms with van der Waals surface area (Å²) < 4.78 is 0. The van der Waals surface area contributed by atoms with E-state index >= 15 is 0 Å². The monoisotopic (exact) mass is 221 g/mol. The summed E-state index contributed by atoms with van der Waals surface area (Å²) in [7, 11) is 0.